The first-order chi connectivity index (χ1) is 22.0. The molecular formula is C37H31Cl2NO5S. The Morgan fingerprint density at radius 2 is 1.35 bits per heavy atom. The molecule has 1 N–H and O–H groups in total. The minimum Gasteiger partial charge on any atom is -0.481 e. The van der Waals surface area contributed by atoms with E-state index in [1.54, 1.807) is 25.1 Å². The van der Waals surface area contributed by atoms with Gasteiger partial charge in [-0.25, -0.2) is 8.42 Å². The quantitative estimate of drug-likeness (QED) is 0.134. The monoisotopic (exact) mass is 671 g/mol. The average Bonchev–Trinajstić information content (AvgIpc) is 3.06. The summed E-state index contributed by atoms with van der Waals surface area (Å²) in [5.74, 6) is -1.51. The number of carboxylic acid groups (broad SMARTS) is 1. The first-order valence-electron chi connectivity index (χ1n) is 14.5. The zero-order valence-corrected chi connectivity index (χ0v) is 27.3. The number of aliphatic carboxylic acids is 1. The van der Waals surface area contributed by atoms with Gasteiger partial charge in [-0.15, -0.1) is 0 Å². The number of carbonyl (C=O) groups excluding carboxylic acids is 1. The first-order valence-corrected chi connectivity index (χ1v) is 16.7. The fraction of sp³-hybridized carbons (Fsp3) is 0.135. The number of Topliss-reactive ketones (excluding diaryl/α,β-unsaturated/α-hetero) is 1. The van der Waals surface area contributed by atoms with Gasteiger partial charge in [-0.05, 0) is 65.9 Å². The molecule has 5 aromatic carbocycles. The fourth-order valence-corrected chi connectivity index (χ4v) is 7.06. The molecule has 0 saturated carbocycles. The van der Waals surface area contributed by atoms with Crippen LogP contribution in [0.4, 0.5) is 5.69 Å². The predicted molar refractivity (Wildman–Crippen MR) is 183 cm³/mol. The first kappa shape index (κ1) is 32.9. The van der Waals surface area contributed by atoms with Crippen LogP contribution in [0.2, 0.25) is 10.0 Å². The molecule has 0 saturated heterocycles. The van der Waals surface area contributed by atoms with Crippen LogP contribution in [0.1, 0.15) is 34.8 Å². The van der Waals surface area contributed by atoms with Crippen LogP contribution in [-0.4, -0.2) is 25.3 Å². The van der Waals surface area contributed by atoms with Crippen molar-refractivity contribution in [3.8, 4) is 11.1 Å². The van der Waals surface area contributed by atoms with Crippen molar-refractivity contribution in [2.75, 3.05) is 4.31 Å². The molecule has 46 heavy (non-hydrogen) atoms. The molecule has 0 aromatic heterocycles. The van der Waals surface area contributed by atoms with Crippen LogP contribution in [0.5, 0.6) is 0 Å². The van der Waals surface area contributed by atoms with Gasteiger partial charge in [-0.1, -0.05) is 120 Å². The molecule has 0 bridgehead atoms. The van der Waals surface area contributed by atoms with Crippen molar-refractivity contribution in [3.05, 3.63) is 154 Å². The average molecular weight is 673 g/mol. The number of nitrogens with zero attached hydrogens (tertiary/aromatic N) is 1. The van der Waals surface area contributed by atoms with Crippen LogP contribution in [0.25, 0.3) is 11.1 Å². The van der Waals surface area contributed by atoms with E-state index in [2.05, 4.69) is 0 Å². The molecule has 0 spiro atoms. The summed E-state index contributed by atoms with van der Waals surface area (Å²) in [5, 5.41) is 10.4. The van der Waals surface area contributed by atoms with Gasteiger partial charge in [0.15, 0.2) is 5.78 Å². The molecule has 0 aliphatic heterocycles. The Kier molecular flexibility index (Phi) is 9.97. The molecule has 5 rings (SSSR count). The predicted octanol–water partition coefficient (Wildman–Crippen LogP) is 8.96. The number of halogens is 2. The SMILES string of the molecule is CC(CC(=O)c1cccc(N(Cc2ccc(-c3ccccc3)cc2)S(=O)(=O)c2ccc(Cl)c(Cl)c2)c1)(Cc1ccccc1)C(=O)O. The maximum absolute atomic E-state index is 14.2. The molecule has 0 aliphatic rings. The number of sulfonamides is 1. The van der Waals surface area contributed by atoms with Gasteiger partial charge in [0, 0.05) is 12.0 Å². The molecule has 6 nitrogen and oxygen atoms in total. The maximum Gasteiger partial charge on any atom is 0.310 e. The number of hydrogen-bond donors (Lipinski definition) is 1. The Hall–Kier alpha value is -4.43. The minimum absolute atomic E-state index is 0.0455. The molecule has 1 unspecified atom stereocenters. The van der Waals surface area contributed by atoms with E-state index < -0.39 is 27.2 Å². The molecule has 0 fully saturated rings. The molecule has 0 amide bonds. The largest absolute Gasteiger partial charge is 0.481 e. The second-order valence-corrected chi connectivity index (χ2v) is 14.0. The second kappa shape index (κ2) is 13.9. The summed E-state index contributed by atoms with van der Waals surface area (Å²) < 4.78 is 29.5. The standard InChI is InChI=1S/C37H31Cl2NO5S/c1-37(36(42)43,23-26-9-4-2-5-10-26)24-35(41)30-13-8-14-31(21-30)40(46(44,45)32-19-20-33(38)34(39)22-32)25-27-15-17-29(18-16-27)28-11-6-3-7-12-28/h2-22H,23-25H2,1H3,(H,42,43). The maximum atomic E-state index is 14.2. The number of benzene rings is 5. The highest BCUT2D eigenvalue weighted by Gasteiger charge is 2.36. The zero-order valence-electron chi connectivity index (χ0n) is 24.9. The van der Waals surface area contributed by atoms with Gasteiger partial charge in [0.1, 0.15) is 0 Å². The van der Waals surface area contributed by atoms with E-state index in [9.17, 15) is 23.1 Å². The van der Waals surface area contributed by atoms with E-state index in [1.165, 1.54) is 28.6 Å². The van der Waals surface area contributed by atoms with Crippen LogP contribution in [0.3, 0.4) is 0 Å². The van der Waals surface area contributed by atoms with E-state index >= 15 is 0 Å². The Morgan fingerprint density at radius 3 is 1.98 bits per heavy atom. The summed E-state index contributed by atoms with van der Waals surface area (Å²) in [6.07, 6.45) is -0.118. The van der Waals surface area contributed by atoms with Crippen molar-refractivity contribution in [2.45, 2.75) is 31.2 Å². The van der Waals surface area contributed by atoms with E-state index in [1.807, 2.05) is 84.9 Å². The van der Waals surface area contributed by atoms with E-state index in [0.29, 0.717) is 5.56 Å². The van der Waals surface area contributed by atoms with Gasteiger partial charge in [-0.2, -0.15) is 0 Å². The molecule has 9 heteroatoms. The number of rotatable bonds is 12. The van der Waals surface area contributed by atoms with Gasteiger partial charge in [0.2, 0.25) is 0 Å². The van der Waals surface area contributed by atoms with E-state index in [0.717, 1.165) is 16.7 Å². The highest BCUT2D eigenvalue weighted by Crippen LogP contribution is 2.33. The molecule has 234 valence electrons. The normalized spacial score (nSPS) is 12.7. The molecular weight excluding hydrogens is 641 g/mol. The lowest BCUT2D eigenvalue weighted by Crippen LogP contribution is -2.33. The van der Waals surface area contributed by atoms with Gasteiger partial charge >= 0.3 is 5.97 Å². The number of carboxylic acids is 1. The lowest BCUT2D eigenvalue weighted by molar-refractivity contribution is -0.147. The van der Waals surface area contributed by atoms with Crippen molar-refractivity contribution >= 4 is 50.7 Å². The van der Waals surface area contributed by atoms with Crippen molar-refractivity contribution in [1.29, 1.82) is 0 Å². The lowest BCUT2D eigenvalue weighted by Gasteiger charge is -2.26. The number of ketones is 1. The number of carbonyl (C=O) groups is 2. The van der Waals surface area contributed by atoms with Crippen molar-refractivity contribution in [1.82, 2.24) is 0 Å². The van der Waals surface area contributed by atoms with Gasteiger partial charge in [-0.3, -0.25) is 13.9 Å². The fourth-order valence-electron chi connectivity index (χ4n) is 5.23. The topological polar surface area (TPSA) is 91.8 Å². The van der Waals surface area contributed by atoms with Crippen molar-refractivity contribution in [2.24, 2.45) is 5.41 Å². The summed E-state index contributed by atoms with van der Waals surface area (Å²) >= 11 is 12.3. The van der Waals surface area contributed by atoms with E-state index in [4.69, 9.17) is 23.2 Å². The summed E-state index contributed by atoms with van der Waals surface area (Å²) in [7, 11) is -4.20. The summed E-state index contributed by atoms with van der Waals surface area (Å²) in [6.45, 7) is 1.50. The molecule has 0 radical (unpaired) electrons. The van der Waals surface area contributed by atoms with Crippen LogP contribution < -0.4 is 4.31 Å². The molecule has 0 aliphatic carbocycles. The smallest absolute Gasteiger partial charge is 0.310 e. The Bertz CT molecular complexity index is 1970. The Balaban J connectivity index is 1.50. The van der Waals surface area contributed by atoms with Crippen molar-refractivity contribution < 1.29 is 23.1 Å². The van der Waals surface area contributed by atoms with Crippen LogP contribution in [0.15, 0.2) is 132 Å². The van der Waals surface area contributed by atoms with Gasteiger partial charge in [0.05, 0.1) is 32.6 Å². The third kappa shape index (κ3) is 7.50. The van der Waals surface area contributed by atoms with Crippen LogP contribution in [-0.2, 0) is 27.8 Å². The Morgan fingerprint density at radius 1 is 0.717 bits per heavy atom. The summed E-state index contributed by atoms with van der Waals surface area (Å²) in [4.78, 5) is 25.9. The third-order valence-corrected chi connectivity index (χ3v) is 10.3. The van der Waals surface area contributed by atoms with Gasteiger partial charge in [0.25, 0.3) is 10.0 Å². The Labute approximate surface area is 278 Å². The lowest BCUT2D eigenvalue weighted by atomic mass is 9.78. The second-order valence-electron chi connectivity index (χ2n) is 11.3. The molecule has 0 heterocycles. The van der Waals surface area contributed by atoms with Crippen molar-refractivity contribution in [3.63, 3.8) is 0 Å². The number of hydrogen-bond acceptors (Lipinski definition) is 4. The van der Waals surface area contributed by atoms with Crippen LogP contribution in [0, 0.1) is 5.41 Å². The third-order valence-electron chi connectivity index (χ3n) is 7.83. The molecule has 5 aromatic rings. The summed E-state index contributed by atoms with van der Waals surface area (Å²) in [6, 6.07) is 36.9. The summed E-state index contributed by atoms with van der Waals surface area (Å²) in [5.41, 5.74) is 2.58. The highest BCUT2D eigenvalue weighted by molar-refractivity contribution is 7.92. The van der Waals surface area contributed by atoms with Crippen LogP contribution >= 0.6 is 23.2 Å². The highest BCUT2D eigenvalue weighted by atomic mass is 35.5. The number of anilines is 1. The van der Waals surface area contributed by atoms with Gasteiger partial charge < -0.3 is 5.11 Å². The zero-order chi connectivity index (χ0) is 32.9. The minimum atomic E-state index is -4.20. The van der Waals surface area contributed by atoms with E-state index in [-0.39, 0.29) is 45.6 Å². The molecule has 1 atom stereocenters.